The Morgan fingerprint density at radius 1 is 1.38 bits per heavy atom. The Labute approximate surface area is 105 Å². The Morgan fingerprint density at radius 2 is 2.19 bits per heavy atom. The fourth-order valence-corrected chi connectivity index (χ4v) is 2.36. The number of halogens is 1. The lowest BCUT2D eigenvalue weighted by atomic mass is 9.98. The normalized spacial score (nSPS) is 40.1. The SMILES string of the molecule is CC1CNC(C)(CC2CCCCO2)OC1.Cl. The first-order valence-electron chi connectivity index (χ1n) is 6.18. The zero-order valence-electron chi connectivity index (χ0n) is 10.3. The topological polar surface area (TPSA) is 30.5 Å². The number of nitrogens with one attached hydrogen (secondary N) is 1. The predicted octanol–water partition coefficient (Wildman–Crippen LogP) is 2.34. The number of hydrogen-bond acceptors (Lipinski definition) is 3. The van der Waals surface area contributed by atoms with E-state index in [1.807, 2.05) is 0 Å². The highest BCUT2D eigenvalue weighted by molar-refractivity contribution is 5.85. The zero-order chi connectivity index (χ0) is 10.7. The van der Waals surface area contributed by atoms with E-state index in [1.165, 1.54) is 19.3 Å². The van der Waals surface area contributed by atoms with Gasteiger partial charge in [0.25, 0.3) is 0 Å². The summed E-state index contributed by atoms with van der Waals surface area (Å²) in [5.41, 5.74) is -0.158. The van der Waals surface area contributed by atoms with Crippen molar-refractivity contribution in [3.8, 4) is 0 Å². The molecule has 16 heavy (non-hydrogen) atoms. The van der Waals surface area contributed by atoms with Crippen molar-refractivity contribution in [3.05, 3.63) is 0 Å². The first-order chi connectivity index (χ1) is 7.18. The molecule has 96 valence electrons. The Bertz CT molecular complexity index is 199. The molecule has 0 aromatic rings. The molecule has 0 saturated carbocycles. The minimum Gasteiger partial charge on any atom is -0.378 e. The average Bonchev–Trinajstić information content (AvgIpc) is 2.24. The van der Waals surface area contributed by atoms with Gasteiger partial charge in [0, 0.05) is 19.6 Å². The second-order valence-corrected chi connectivity index (χ2v) is 5.22. The molecule has 3 unspecified atom stereocenters. The molecule has 3 nitrogen and oxygen atoms in total. The highest BCUT2D eigenvalue weighted by atomic mass is 35.5. The first kappa shape index (κ1) is 14.2. The van der Waals surface area contributed by atoms with Crippen LogP contribution in [0.2, 0.25) is 0 Å². The fourth-order valence-electron chi connectivity index (χ4n) is 2.36. The van der Waals surface area contributed by atoms with Crippen molar-refractivity contribution in [1.29, 1.82) is 0 Å². The molecule has 2 rings (SSSR count). The van der Waals surface area contributed by atoms with Crippen LogP contribution in [-0.4, -0.2) is 31.6 Å². The Kier molecular flexibility index (Phi) is 5.51. The largest absolute Gasteiger partial charge is 0.378 e. The molecule has 0 spiro atoms. The minimum absolute atomic E-state index is 0. The van der Waals surface area contributed by atoms with Gasteiger partial charge in [-0.15, -0.1) is 12.4 Å². The summed E-state index contributed by atoms with van der Waals surface area (Å²) in [5.74, 6) is 0.630. The van der Waals surface area contributed by atoms with Gasteiger partial charge in [-0.25, -0.2) is 0 Å². The van der Waals surface area contributed by atoms with Gasteiger partial charge in [0.15, 0.2) is 0 Å². The highest BCUT2D eigenvalue weighted by Gasteiger charge is 2.33. The van der Waals surface area contributed by atoms with E-state index >= 15 is 0 Å². The third-order valence-electron chi connectivity index (χ3n) is 3.40. The molecular weight excluding hydrogens is 226 g/mol. The van der Waals surface area contributed by atoms with Gasteiger partial charge in [-0.3, -0.25) is 5.32 Å². The van der Waals surface area contributed by atoms with Crippen LogP contribution in [0.4, 0.5) is 0 Å². The average molecular weight is 250 g/mol. The molecule has 2 aliphatic rings. The van der Waals surface area contributed by atoms with Gasteiger partial charge in [-0.05, 0) is 32.1 Å². The van der Waals surface area contributed by atoms with Crippen LogP contribution < -0.4 is 5.32 Å². The van der Waals surface area contributed by atoms with Crippen LogP contribution >= 0.6 is 12.4 Å². The zero-order valence-corrected chi connectivity index (χ0v) is 11.1. The summed E-state index contributed by atoms with van der Waals surface area (Å²) in [4.78, 5) is 0. The number of hydrogen-bond donors (Lipinski definition) is 1. The van der Waals surface area contributed by atoms with E-state index < -0.39 is 0 Å². The minimum atomic E-state index is -0.158. The second kappa shape index (κ2) is 6.20. The van der Waals surface area contributed by atoms with Crippen LogP contribution in [0.15, 0.2) is 0 Å². The molecule has 2 heterocycles. The molecule has 2 fully saturated rings. The standard InChI is InChI=1S/C12H23NO2.ClH/c1-10-8-13-12(2,15-9-10)7-11-5-3-4-6-14-11;/h10-11,13H,3-9H2,1-2H3;1H. The van der Waals surface area contributed by atoms with Crippen LogP contribution in [0.5, 0.6) is 0 Å². The van der Waals surface area contributed by atoms with E-state index in [-0.39, 0.29) is 18.1 Å². The summed E-state index contributed by atoms with van der Waals surface area (Å²) >= 11 is 0. The van der Waals surface area contributed by atoms with Crippen molar-refractivity contribution in [3.63, 3.8) is 0 Å². The van der Waals surface area contributed by atoms with E-state index in [0.29, 0.717) is 12.0 Å². The van der Waals surface area contributed by atoms with Crippen LogP contribution in [0.3, 0.4) is 0 Å². The molecule has 1 N–H and O–H groups in total. The van der Waals surface area contributed by atoms with E-state index in [4.69, 9.17) is 9.47 Å². The number of ether oxygens (including phenoxy) is 2. The fraction of sp³-hybridized carbons (Fsp3) is 1.00. The lowest BCUT2D eigenvalue weighted by Gasteiger charge is -2.40. The van der Waals surface area contributed by atoms with Crippen LogP contribution in [0.1, 0.15) is 39.5 Å². The Hall–Kier alpha value is 0.170. The van der Waals surface area contributed by atoms with E-state index in [2.05, 4.69) is 19.2 Å². The molecule has 2 saturated heterocycles. The predicted molar refractivity (Wildman–Crippen MR) is 67.0 cm³/mol. The summed E-state index contributed by atoms with van der Waals surface area (Å²) in [6.07, 6.45) is 5.09. The molecule has 0 amide bonds. The van der Waals surface area contributed by atoms with Gasteiger partial charge in [0.2, 0.25) is 0 Å². The maximum atomic E-state index is 5.89. The Morgan fingerprint density at radius 3 is 2.75 bits per heavy atom. The van der Waals surface area contributed by atoms with Crippen molar-refractivity contribution in [2.24, 2.45) is 5.92 Å². The second-order valence-electron chi connectivity index (χ2n) is 5.22. The van der Waals surface area contributed by atoms with Crippen molar-refractivity contribution in [1.82, 2.24) is 5.32 Å². The van der Waals surface area contributed by atoms with Crippen LogP contribution in [0.25, 0.3) is 0 Å². The molecular formula is C12H24ClNO2. The van der Waals surface area contributed by atoms with Gasteiger partial charge >= 0.3 is 0 Å². The lowest BCUT2D eigenvalue weighted by Crippen LogP contribution is -2.54. The van der Waals surface area contributed by atoms with Crippen molar-refractivity contribution in [2.75, 3.05) is 19.8 Å². The summed E-state index contributed by atoms with van der Waals surface area (Å²) in [5, 5.41) is 3.49. The summed E-state index contributed by atoms with van der Waals surface area (Å²) < 4.78 is 11.6. The number of rotatable bonds is 2. The maximum Gasteiger partial charge on any atom is 0.118 e. The van der Waals surface area contributed by atoms with Gasteiger partial charge in [-0.2, -0.15) is 0 Å². The molecule has 0 radical (unpaired) electrons. The van der Waals surface area contributed by atoms with Crippen molar-refractivity contribution < 1.29 is 9.47 Å². The molecule has 3 atom stereocenters. The van der Waals surface area contributed by atoms with Crippen molar-refractivity contribution >= 4 is 12.4 Å². The van der Waals surface area contributed by atoms with Crippen molar-refractivity contribution in [2.45, 2.75) is 51.4 Å². The van der Waals surface area contributed by atoms with Gasteiger partial charge in [-0.1, -0.05) is 6.92 Å². The van der Waals surface area contributed by atoms with Gasteiger partial charge in [0.05, 0.1) is 12.7 Å². The van der Waals surface area contributed by atoms with Crippen LogP contribution in [-0.2, 0) is 9.47 Å². The van der Waals surface area contributed by atoms with E-state index in [1.54, 1.807) is 0 Å². The molecule has 0 aliphatic carbocycles. The summed E-state index contributed by atoms with van der Waals surface area (Å²) in [7, 11) is 0. The molecule has 0 aromatic carbocycles. The highest BCUT2D eigenvalue weighted by Crippen LogP contribution is 2.25. The molecule has 0 bridgehead atoms. The van der Waals surface area contributed by atoms with Gasteiger partial charge < -0.3 is 9.47 Å². The third kappa shape index (κ3) is 3.88. The molecule has 0 aromatic heterocycles. The van der Waals surface area contributed by atoms with Crippen LogP contribution in [0, 0.1) is 5.92 Å². The smallest absolute Gasteiger partial charge is 0.118 e. The third-order valence-corrected chi connectivity index (χ3v) is 3.40. The molecule has 4 heteroatoms. The first-order valence-corrected chi connectivity index (χ1v) is 6.18. The maximum absolute atomic E-state index is 5.89. The quantitative estimate of drug-likeness (QED) is 0.815. The van der Waals surface area contributed by atoms with E-state index in [9.17, 15) is 0 Å². The summed E-state index contributed by atoms with van der Waals surface area (Å²) in [6.45, 7) is 7.22. The lowest BCUT2D eigenvalue weighted by molar-refractivity contribution is -0.134. The summed E-state index contributed by atoms with van der Waals surface area (Å²) in [6, 6.07) is 0. The van der Waals surface area contributed by atoms with E-state index in [0.717, 1.165) is 26.2 Å². The monoisotopic (exact) mass is 249 g/mol. The molecule has 2 aliphatic heterocycles. The Balaban J connectivity index is 0.00000128. The van der Waals surface area contributed by atoms with Gasteiger partial charge in [0.1, 0.15) is 5.72 Å².